The highest BCUT2D eigenvalue weighted by Crippen LogP contribution is 2.30. The van der Waals surface area contributed by atoms with Gasteiger partial charge in [0, 0.05) is 32.2 Å². The van der Waals surface area contributed by atoms with E-state index in [0.717, 1.165) is 19.2 Å². The Morgan fingerprint density at radius 1 is 1.17 bits per heavy atom. The normalized spacial score (nSPS) is 18.1. The van der Waals surface area contributed by atoms with Crippen LogP contribution in [0.3, 0.4) is 0 Å². The Balaban J connectivity index is 2.25. The predicted molar refractivity (Wildman–Crippen MR) is 61.2 cm³/mol. The molecular formula is C10H14F3N5. The van der Waals surface area contributed by atoms with Crippen LogP contribution in [0.2, 0.25) is 0 Å². The predicted octanol–water partition coefficient (Wildman–Crippen LogP) is 0.829. The number of nitrogens with zero attached hydrogens (tertiary/aromatic N) is 4. The highest BCUT2D eigenvalue weighted by Gasteiger charge is 2.34. The quantitative estimate of drug-likeness (QED) is 0.811. The summed E-state index contributed by atoms with van der Waals surface area (Å²) in [6.45, 7) is 2.82. The van der Waals surface area contributed by atoms with Crippen LogP contribution in [0, 0.1) is 0 Å². The Hall–Kier alpha value is -1.57. The molecule has 1 aromatic heterocycles. The summed E-state index contributed by atoms with van der Waals surface area (Å²) in [5.74, 6) is -0.110. The molecule has 100 valence electrons. The monoisotopic (exact) mass is 261 g/mol. The SMILES string of the molecule is CN1CCN(c2cc(C(F)(F)F)nc(N)n2)CC1. The first kappa shape index (κ1) is 12.9. The number of halogens is 3. The van der Waals surface area contributed by atoms with Gasteiger partial charge < -0.3 is 15.5 Å². The Morgan fingerprint density at radius 3 is 2.33 bits per heavy atom. The van der Waals surface area contributed by atoms with Crippen molar-refractivity contribution < 1.29 is 13.2 Å². The summed E-state index contributed by atoms with van der Waals surface area (Å²) in [5.41, 5.74) is 4.33. The standard InChI is InChI=1S/C10H14F3N5/c1-17-2-4-18(5-3-17)8-6-7(10(11,12)13)15-9(14)16-8/h6H,2-5H2,1H3,(H2,14,15,16). The van der Waals surface area contributed by atoms with Crippen LogP contribution < -0.4 is 10.6 Å². The average Bonchev–Trinajstić information content (AvgIpc) is 2.28. The van der Waals surface area contributed by atoms with Crippen LogP contribution in [0.25, 0.3) is 0 Å². The minimum Gasteiger partial charge on any atom is -0.368 e. The first-order valence-corrected chi connectivity index (χ1v) is 5.51. The van der Waals surface area contributed by atoms with E-state index in [2.05, 4.69) is 14.9 Å². The molecule has 0 bridgehead atoms. The van der Waals surface area contributed by atoms with Crippen molar-refractivity contribution in [1.82, 2.24) is 14.9 Å². The van der Waals surface area contributed by atoms with E-state index in [0.29, 0.717) is 13.1 Å². The number of hydrogen-bond donors (Lipinski definition) is 1. The first-order chi connectivity index (χ1) is 8.36. The molecule has 1 aromatic rings. The molecule has 2 N–H and O–H groups in total. The van der Waals surface area contributed by atoms with Gasteiger partial charge in [-0.1, -0.05) is 0 Å². The number of piperazine rings is 1. The summed E-state index contributed by atoms with van der Waals surface area (Å²) in [5, 5.41) is 0. The van der Waals surface area contributed by atoms with E-state index in [-0.39, 0.29) is 11.8 Å². The van der Waals surface area contributed by atoms with Crippen LogP contribution >= 0.6 is 0 Å². The summed E-state index contributed by atoms with van der Waals surface area (Å²) >= 11 is 0. The third-order valence-corrected chi connectivity index (χ3v) is 2.85. The zero-order chi connectivity index (χ0) is 13.3. The lowest BCUT2D eigenvalue weighted by molar-refractivity contribution is -0.141. The van der Waals surface area contributed by atoms with Crippen LogP contribution in [0.4, 0.5) is 24.9 Å². The van der Waals surface area contributed by atoms with Crippen molar-refractivity contribution in [3.8, 4) is 0 Å². The van der Waals surface area contributed by atoms with E-state index in [1.54, 1.807) is 4.90 Å². The molecule has 1 fully saturated rings. The molecule has 1 aliphatic heterocycles. The maximum atomic E-state index is 12.6. The second-order valence-corrected chi connectivity index (χ2v) is 4.26. The minimum absolute atomic E-state index is 0.239. The lowest BCUT2D eigenvalue weighted by atomic mass is 10.3. The lowest BCUT2D eigenvalue weighted by Gasteiger charge is -2.33. The summed E-state index contributed by atoms with van der Waals surface area (Å²) in [4.78, 5) is 11.0. The summed E-state index contributed by atoms with van der Waals surface area (Å²) in [6, 6.07) is 0.946. The van der Waals surface area contributed by atoms with Crippen molar-refractivity contribution in [2.75, 3.05) is 43.9 Å². The number of nitrogen functional groups attached to an aromatic ring is 1. The van der Waals surface area contributed by atoms with Crippen molar-refractivity contribution in [2.24, 2.45) is 0 Å². The second kappa shape index (κ2) is 4.60. The van der Waals surface area contributed by atoms with Crippen molar-refractivity contribution in [1.29, 1.82) is 0 Å². The number of rotatable bonds is 1. The molecule has 8 heteroatoms. The molecule has 1 saturated heterocycles. The molecule has 0 aliphatic carbocycles. The van der Waals surface area contributed by atoms with Crippen LogP contribution in [-0.2, 0) is 6.18 Å². The third kappa shape index (κ3) is 2.81. The van der Waals surface area contributed by atoms with E-state index in [1.165, 1.54) is 0 Å². The van der Waals surface area contributed by atoms with Crippen LogP contribution in [-0.4, -0.2) is 48.1 Å². The van der Waals surface area contributed by atoms with Gasteiger partial charge in [-0.2, -0.15) is 18.2 Å². The molecule has 2 heterocycles. The molecule has 0 radical (unpaired) electrons. The Bertz CT molecular complexity index is 426. The molecule has 0 saturated carbocycles. The zero-order valence-electron chi connectivity index (χ0n) is 9.91. The van der Waals surface area contributed by atoms with Gasteiger partial charge in [-0.25, -0.2) is 4.98 Å². The van der Waals surface area contributed by atoms with Crippen molar-refractivity contribution in [3.63, 3.8) is 0 Å². The molecule has 0 aromatic carbocycles. The summed E-state index contributed by atoms with van der Waals surface area (Å²) in [6.07, 6.45) is -4.50. The van der Waals surface area contributed by atoms with E-state index in [1.807, 2.05) is 7.05 Å². The average molecular weight is 261 g/mol. The van der Waals surface area contributed by atoms with Gasteiger partial charge in [0.05, 0.1) is 0 Å². The van der Waals surface area contributed by atoms with Gasteiger partial charge in [0.25, 0.3) is 0 Å². The Labute approximate surface area is 102 Å². The molecule has 0 spiro atoms. The molecule has 0 unspecified atom stereocenters. The van der Waals surface area contributed by atoms with Crippen molar-refractivity contribution in [3.05, 3.63) is 11.8 Å². The summed E-state index contributed by atoms with van der Waals surface area (Å²) in [7, 11) is 1.97. The molecular weight excluding hydrogens is 247 g/mol. The Morgan fingerprint density at radius 2 is 1.78 bits per heavy atom. The van der Waals surface area contributed by atoms with Gasteiger partial charge in [0.2, 0.25) is 5.95 Å². The smallest absolute Gasteiger partial charge is 0.368 e. The zero-order valence-corrected chi connectivity index (χ0v) is 9.91. The highest BCUT2D eigenvalue weighted by atomic mass is 19.4. The number of anilines is 2. The Kier molecular flexibility index (Phi) is 3.29. The third-order valence-electron chi connectivity index (χ3n) is 2.85. The van der Waals surface area contributed by atoms with E-state index in [4.69, 9.17) is 5.73 Å². The molecule has 0 amide bonds. The maximum absolute atomic E-state index is 12.6. The van der Waals surface area contributed by atoms with E-state index in [9.17, 15) is 13.2 Å². The lowest BCUT2D eigenvalue weighted by Crippen LogP contribution is -2.45. The molecule has 2 rings (SSSR count). The van der Waals surface area contributed by atoms with Crippen LogP contribution in [0.5, 0.6) is 0 Å². The second-order valence-electron chi connectivity index (χ2n) is 4.26. The number of likely N-dealkylation sites (N-methyl/N-ethyl adjacent to an activating group) is 1. The van der Waals surface area contributed by atoms with Crippen molar-refractivity contribution >= 4 is 11.8 Å². The number of nitrogens with two attached hydrogens (primary N) is 1. The largest absolute Gasteiger partial charge is 0.433 e. The van der Waals surface area contributed by atoms with Gasteiger partial charge in [-0.05, 0) is 7.05 Å². The fraction of sp³-hybridized carbons (Fsp3) is 0.600. The van der Waals surface area contributed by atoms with Gasteiger partial charge >= 0.3 is 6.18 Å². The fourth-order valence-corrected chi connectivity index (χ4v) is 1.80. The summed E-state index contributed by atoms with van der Waals surface area (Å²) < 4.78 is 37.8. The molecule has 5 nitrogen and oxygen atoms in total. The van der Waals surface area contributed by atoms with Gasteiger partial charge in [-0.3, -0.25) is 0 Å². The minimum atomic E-state index is -4.50. The molecule has 1 aliphatic rings. The molecule has 18 heavy (non-hydrogen) atoms. The van der Waals surface area contributed by atoms with E-state index < -0.39 is 11.9 Å². The molecule has 0 atom stereocenters. The number of aromatic nitrogens is 2. The van der Waals surface area contributed by atoms with Gasteiger partial charge in [0.1, 0.15) is 5.82 Å². The van der Waals surface area contributed by atoms with Crippen LogP contribution in [0.1, 0.15) is 5.69 Å². The topological polar surface area (TPSA) is 58.3 Å². The van der Waals surface area contributed by atoms with Crippen molar-refractivity contribution in [2.45, 2.75) is 6.18 Å². The van der Waals surface area contributed by atoms with E-state index >= 15 is 0 Å². The van der Waals surface area contributed by atoms with Gasteiger partial charge in [0.15, 0.2) is 5.69 Å². The number of hydrogen-bond acceptors (Lipinski definition) is 5. The fourth-order valence-electron chi connectivity index (χ4n) is 1.80. The highest BCUT2D eigenvalue weighted by molar-refractivity contribution is 5.44. The van der Waals surface area contributed by atoms with Crippen LogP contribution in [0.15, 0.2) is 6.07 Å². The first-order valence-electron chi connectivity index (χ1n) is 5.51. The number of alkyl halides is 3. The van der Waals surface area contributed by atoms with Gasteiger partial charge in [-0.15, -0.1) is 0 Å². The maximum Gasteiger partial charge on any atom is 0.433 e.